The van der Waals surface area contributed by atoms with Crippen molar-refractivity contribution >= 4 is 17.3 Å². The predicted molar refractivity (Wildman–Crippen MR) is 86.4 cm³/mol. The summed E-state index contributed by atoms with van der Waals surface area (Å²) in [6.45, 7) is 3.60. The second-order valence-electron chi connectivity index (χ2n) is 4.69. The zero-order valence-electron chi connectivity index (χ0n) is 13.8. The molecule has 0 radical (unpaired) electrons. The molecule has 0 aliphatic carbocycles. The molecule has 1 amide bonds. The Balaban J connectivity index is 2.39. The first-order valence-electron chi connectivity index (χ1n) is 7.38. The summed E-state index contributed by atoms with van der Waals surface area (Å²) in [5.74, 6) is -0.196. The highest BCUT2D eigenvalue weighted by atomic mass is 16.6. The average molecular weight is 342 g/mol. The van der Waals surface area contributed by atoms with Crippen molar-refractivity contribution in [2.24, 2.45) is 0 Å². The summed E-state index contributed by atoms with van der Waals surface area (Å²) >= 11 is 0. The van der Waals surface area contributed by atoms with Gasteiger partial charge in [0.1, 0.15) is 6.61 Å². The molecule has 0 aliphatic heterocycles. The quantitative estimate of drug-likeness (QED) is 0.349. The molecule has 1 aromatic rings. The Bertz CT molecular complexity index is 537. The molecule has 134 valence electrons. The van der Waals surface area contributed by atoms with Crippen molar-refractivity contribution in [1.82, 2.24) is 0 Å². The minimum Gasteiger partial charge on any atom is -0.484 e. The molecule has 0 bridgehead atoms. The molecule has 0 fully saturated rings. The molecule has 0 saturated carbocycles. The fourth-order valence-electron chi connectivity index (χ4n) is 1.74. The Kier molecular flexibility index (Phi) is 9.35. The second kappa shape index (κ2) is 11.3. The number of benzene rings is 1. The van der Waals surface area contributed by atoms with Crippen LogP contribution in [0, 0.1) is 10.1 Å². The zero-order chi connectivity index (χ0) is 17.8. The lowest BCUT2D eigenvalue weighted by molar-refractivity contribution is -0.385. The van der Waals surface area contributed by atoms with Crippen LogP contribution in [0.1, 0.15) is 6.92 Å². The number of ether oxygens (including phenoxy) is 4. The van der Waals surface area contributed by atoms with Crippen LogP contribution in [0.2, 0.25) is 0 Å². The van der Waals surface area contributed by atoms with Crippen molar-refractivity contribution in [3.05, 3.63) is 28.3 Å². The summed E-state index contributed by atoms with van der Waals surface area (Å²) in [4.78, 5) is 21.5. The van der Waals surface area contributed by atoms with E-state index in [4.69, 9.17) is 18.9 Å². The molecular weight excluding hydrogens is 320 g/mol. The lowest BCUT2D eigenvalue weighted by Crippen LogP contribution is -2.13. The van der Waals surface area contributed by atoms with Gasteiger partial charge in [0.05, 0.1) is 38.0 Å². The Morgan fingerprint density at radius 2 is 1.75 bits per heavy atom. The van der Waals surface area contributed by atoms with Crippen LogP contribution in [0.5, 0.6) is 5.75 Å². The third-order valence-corrected chi connectivity index (χ3v) is 2.77. The number of nitro groups is 1. The van der Waals surface area contributed by atoms with E-state index < -0.39 is 4.92 Å². The van der Waals surface area contributed by atoms with E-state index in [0.717, 1.165) is 0 Å². The van der Waals surface area contributed by atoms with Crippen LogP contribution in [0.3, 0.4) is 0 Å². The van der Waals surface area contributed by atoms with Crippen LogP contribution in [0.15, 0.2) is 18.2 Å². The van der Waals surface area contributed by atoms with Gasteiger partial charge in [-0.1, -0.05) is 0 Å². The molecule has 0 heterocycles. The van der Waals surface area contributed by atoms with Crippen molar-refractivity contribution < 1.29 is 28.7 Å². The first-order chi connectivity index (χ1) is 11.5. The van der Waals surface area contributed by atoms with Crippen molar-refractivity contribution in [2.45, 2.75) is 6.92 Å². The van der Waals surface area contributed by atoms with E-state index in [9.17, 15) is 14.9 Å². The lowest BCUT2D eigenvalue weighted by atomic mass is 10.2. The standard InChI is InChI=1S/C15H22N2O7/c1-12(18)16-13-3-4-14(17(19)20)15(11-13)24-10-9-23-8-7-22-6-5-21-2/h3-4,11H,5-10H2,1-2H3,(H,16,18). The molecule has 0 aromatic heterocycles. The summed E-state index contributed by atoms with van der Waals surface area (Å²) in [5.41, 5.74) is 0.252. The number of hydrogen-bond acceptors (Lipinski definition) is 7. The number of amides is 1. The Labute approximate surface area is 140 Å². The van der Waals surface area contributed by atoms with Crippen molar-refractivity contribution in [3.63, 3.8) is 0 Å². The van der Waals surface area contributed by atoms with Crippen molar-refractivity contribution in [2.75, 3.05) is 52.1 Å². The maximum absolute atomic E-state index is 11.0. The minimum atomic E-state index is -0.544. The fourth-order valence-corrected chi connectivity index (χ4v) is 1.74. The Morgan fingerprint density at radius 3 is 2.33 bits per heavy atom. The molecule has 1 N–H and O–H groups in total. The van der Waals surface area contributed by atoms with Gasteiger partial charge in [0.15, 0.2) is 5.75 Å². The first-order valence-corrected chi connectivity index (χ1v) is 7.38. The van der Waals surface area contributed by atoms with Gasteiger partial charge in [-0.25, -0.2) is 0 Å². The number of rotatable bonds is 12. The third kappa shape index (κ3) is 7.86. The summed E-state index contributed by atoms with van der Waals surface area (Å²) in [7, 11) is 1.59. The van der Waals surface area contributed by atoms with Gasteiger partial charge in [-0.3, -0.25) is 14.9 Å². The molecule has 1 rings (SSSR count). The summed E-state index contributed by atoms with van der Waals surface area (Å²) in [5, 5.41) is 13.5. The van der Waals surface area contributed by atoms with Crippen molar-refractivity contribution in [1.29, 1.82) is 0 Å². The largest absolute Gasteiger partial charge is 0.484 e. The maximum Gasteiger partial charge on any atom is 0.311 e. The van der Waals surface area contributed by atoms with E-state index in [0.29, 0.717) is 32.1 Å². The van der Waals surface area contributed by atoms with Gasteiger partial charge in [-0.15, -0.1) is 0 Å². The van der Waals surface area contributed by atoms with E-state index in [-0.39, 0.29) is 30.6 Å². The number of carbonyl (C=O) groups excluding carboxylic acids is 1. The molecule has 0 aliphatic rings. The third-order valence-electron chi connectivity index (χ3n) is 2.77. The maximum atomic E-state index is 11.0. The Morgan fingerprint density at radius 1 is 1.12 bits per heavy atom. The molecular formula is C15H22N2O7. The highest BCUT2D eigenvalue weighted by Gasteiger charge is 2.16. The molecule has 9 nitrogen and oxygen atoms in total. The number of hydrogen-bond donors (Lipinski definition) is 1. The second-order valence-corrected chi connectivity index (χ2v) is 4.69. The van der Waals surface area contributed by atoms with E-state index in [1.807, 2.05) is 0 Å². The van der Waals surface area contributed by atoms with E-state index in [1.165, 1.54) is 25.1 Å². The lowest BCUT2D eigenvalue weighted by Gasteiger charge is -2.10. The van der Waals surface area contributed by atoms with Gasteiger partial charge in [0, 0.05) is 31.9 Å². The smallest absolute Gasteiger partial charge is 0.311 e. The molecule has 0 atom stereocenters. The predicted octanol–water partition coefficient (Wildman–Crippen LogP) is 1.61. The topological polar surface area (TPSA) is 109 Å². The molecule has 1 aromatic carbocycles. The van der Waals surface area contributed by atoms with Crippen LogP contribution in [-0.4, -0.2) is 57.6 Å². The van der Waals surface area contributed by atoms with Crippen LogP contribution < -0.4 is 10.1 Å². The first kappa shape index (κ1) is 19.8. The fraction of sp³-hybridized carbons (Fsp3) is 0.533. The number of carbonyl (C=O) groups is 1. The van der Waals surface area contributed by atoms with Crippen LogP contribution in [-0.2, 0) is 19.0 Å². The SMILES string of the molecule is COCCOCCOCCOc1cc(NC(C)=O)ccc1[N+](=O)[O-]. The highest BCUT2D eigenvalue weighted by molar-refractivity contribution is 5.89. The number of anilines is 1. The van der Waals surface area contributed by atoms with Gasteiger partial charge >= 0.3 is 5.69 Å². The Hall–Kier alpha value is -2.23. The van der Waals surface area contributed by atoms with Gasteiger partial charge in [0.25, 0.3) is 0 Å². The van der Waals surface area contributed by atoms with Crippen LogP contribution in [0.25, 0.3) is 0 Å². The van der Waals surface area contributed by atoms with Crippen LogP contribution >= 0.6 is 0 Å². The number of nitrogens with one attached hydrogen (secondary N) is 1. The summed E-state index contributed by atoms with van der Waals surface area (Å²) < 4.78 is 20.7. The van der Waals surface area contributed by atoms with Crippen molar-refractivity contribution in [3.8, 4) is 5.75 Å². The van der Waals surface area contributed by atoms with E-state index >= 15 is 0 Å². The molecule has 24 heavy (non-hydrogen) atoms. The van der Waals surface area contributed by atoms with Gasteiger partial charge < -0.3 is 24.3 Å². The average Bonchev–Trinajstić information content (AvgIpc) is 2.52. The van der Waals surface area contributed by atoms with Crippen LogP contribution in [0.4, 0.5) is 11.4 Å². The normalized spacial score (nSPS) is 10.4. The van der Waals surface area contributed by atoms with Gasteiger partial charge in [0.2, 0.25) is 5.91 Å². The molecule has 0 spiro atoms. The number of methoxy groups -OCH3 is 1. The summed E-state index contributed by atoms with van der Waals surface area (Å²) in [6.07, 6.45) is 0. The van der Waals surface area contributed by atoms with Gasteiger partial charge in [-0.2, -0.15) is 0 Å². The number of nitro benzene ring substituents is 1. The van der Waals surface area contributed by atoms with E-state index in [2.05, 4.69) is 5.32 Å². The zero-order valence-corrected chi connectivity index (χ0v) is 13.8. The number of nitrogens with zero attached hydrogens (tertiary/aromatic N) is 1. The molecule has 0 unspecified atom stereocenters. The molecule has 0 saturated heterocycles. The van der Waals surface area contributed by atoms with E-state index in [1.54, 1.807) is 7.11 Å². The highest BCUT2D eigenvalue weighted by Crippen LogP contribution is 2.30. The summed E-state index contributed by atoms with van der Waals surface area (Å²) in [6, 6.07) is 4.14. The van der Waals surface area contributed by atoms with Gasteiger partial charge in [-0.05, 0) is 6.07 Å². The monoisotopic (exact) mass is 342 g/mol. The molecule has 9 heteroatoms. The minimum absolute atomic E-state index is 0.0752.